The molecule has 4 rings (SSSR count). The molecule has 1 aliphatic heterocycles. The van der Waals surface area contributed by atoms with Gasteiger partial charge in [-0.25, -0.2) is 13.6 Å². The van der Waals surface area contributed by atoms with E-state index in [2.05, 4.69) is 36.4 Å². The number of rotatable bonds is 17. The number of ether oxygens (including phenoxy) is 1. The largest absolute Gasteiger partial charge is 0.444 e. The highest BCUT2D eigenvalue weighted by Gasteiger charge is 2.57. The zero-order valence-electron chi connectivity index (χ0n) is 39.0. The van der Waals surface area contributed by atoms with Crippen molar-refractivity contribution in [3.8, 4) is 0 Å². The third-order valence-corrected chi connectivity index (χ3v) is 10.8. The van der Waals surface area contributed by atoms with Gasteiger partial charge in [-0.1, -0.05) is 111 Å². The third-order valence-electron chi connectivity index (χ3n) is 10.8. The van der Waals surface area contributed by atoms with Gasteiger partial charge in [0, 0.05) is 52.0 Å². The van der Waals surface area contributed by atoms with Crippen LogP contribution in [-0.4, -0.2) is 95.5 Å². The lowest BCUT2D eigenvalue weighted by Crippen LogP contribution is -2.55. The number of benzene rings is 1. The lowest BCUT2D eigenvalue weighted by Gasteiger charge is -2.36. The quantitative estimate of drug-likeness (QED) is 0.132. The van der Waals surface area contributed by atoms with Crippen molar-refractivity contribution in [2.75, 3.05) is 20.6 Å². The Kier molecular flexibility index (Phi) is 24.1. The summed E-state index contributed by atoms with van der Waals surface area (Å²) in [5.74, 6) is -5.79. The van der Waals surface area contributed by atoms with Crippen molar-refractivity contribution < 1.29 is 42.3 Å². The average Bonchev–Trinajstić information content (AvgIpc) is 3.55. The topological polar surface area (TPSA) is 154 Å². The minimum atomic E-state index is -2.83. The number of amides is 4. The van der Waals surface area contributed by atoms with E-state index in [4.69, 9.17) is 4.74 Å². The van der Waals surface area contributed by atoms with Crippen LogP contribution in [0.15, 0.2) is 42.6 Å². The van der Waals surface area contributed by atoms with Gasteiger partial charge >= 0.3 is 6.09 Å². The van der Waals surface area contributed by atoms with Crippen molar-refractivity contribution in [2.45, 2.75) is 181 Å². The molecule has 5 unspecified atom stereocenters. The first-order valence-electron chi connectivity index (χ1n) is 22.5. The van der Waals surface area contributed by atoms with E-state index < -0.39 is 59.3 Å². The fourth-order valence-corrected chi connectivity index (χ4v) is 7.54. The fraction of sp³-hybridized carbons (Fsp3) is 0.702. The Balaban J connectivity index is 0.000000702. The lowest BCUT2D eigenvalue weighted by atomic mass is 9.83. The zero-order valence-corrected chi connectivity index (χ0v) is 39.0. The van der Waals surface area contributed by atoms with Gasteiger partial charge in [0.2, 0.25) is 23.5 Å². The minimum Gasteiger partial charge on any atom is -0.444 e. The van der Waals surface area contributed by atoms with Gasteiger partial charge in [0.15, 0.2) is 5.78 Å². The summed E-state index contributed by atoms with van der Waals surface area (Å²) in [6.45, 7) is 21.3. The highest BCUT2D eigenvalue weighted by molar-refractivity contribution is 6.38. The van der Waals surface area contributed by atoms with Gasteiger partial charge in [0.05, 0.1) is 12.1 Å². The predicted molar refractivity (Wildman–Crippen MR) is 237 cm³/mol. The molecule has 14 heteroatoms. The Morgan fingerprint density at radius 2 is 1.49 bits per heavy atom. The zero-order chi connectivity index (χ0) is 46.5. The van der Waals surface area contributed by atoms with E-state index in [1.807, 2.05) is 65.0 Å². The SMILES string of the molecule is C=C(NC(CC1CC1(F)F)C(=O)C(C)=O)C1CCCN1C(=O)C(NC(=O)OC(C)(C)CCC)C1CCCCC1.CC.CCC.CCC(=O)NC(C(=O)N(C)C)c1ccccc1. The molecule has 1 heterocycles. The van der Waals surface area contributed by atoms with Crippen molar-refractivity contribution in [2.24, 2.45) is 11.8 Å². The Bertz CT molecular complexity index is 1570. The van der Waals surface area contributed by atoms with Crippen LogP contribution in [0.3, 0.4) is 0 Å². The van der Waals surface area contributed by atoms with Crippen LogP contribution in [0.25, 0.3) is 0 Å². The Hall–Kier alpha value is -4.36. The van der Waals surface area contributed by atoms with Crippen LogP contribution >= 0.6 is 0 Å². The maximum absolute atomic E-state index is 14.0. The molecule has 1 aromatic rings. The molecule has 3 aliphatic rings. The number of alkyl halides is 2. The van der Waals surface area contributed by atoms with Crippen molar-refractivity contribution in [1.82, 2.24) is 25.8 Å². The van der Waals surface area contributed by atoms with Gasteiger partial charge in [-0.05, 0) is 63.9 Å². The number of alkyl carbamates (subject to hydrolysis) is 1. The number of hydrogen-bond donors (Lipinski definition) is 3. The fourth-order valence-electron chi connectivity index (χ4n) is 7.54. The number of carbonyl (C=O) groups is 6. The summed E-state index contributed by atoms with van der Waals surface area (Å²) in [5, 5.41) is 8.54. The molecule has 61 heavy (non-hydrogen) atoms. The molecule has 346 valence electrons. The summed E-state index contributed by atoms with van der Waals surface area (Å²) >= 11 is 0. The molecule has 5 atom stereocenters. The van der Waals surface area contributed by atoms with Crippen molar-refractivity contribution in [1.29, 1.82) is 0 Å². The Morgan fingerprint density at radius 1 is 0.918 bits per heavy atom. The first-order valence-corrected chi connectivity index (χ1v) is 22.5. The Morgan fingerprint density at radius 3 is 1.98 bits per heavy atom. The third kappa shape index (κ3) is 18.3. The first-order chi connectivity index (χ1) is 28.7. The maximum Gasteiger partial charge on any atom is 0.408 e. The number of nitrogens with one attached hydrogen (secondary N) is 3. The highest BCUT2D eigenvalue weighted by Crippen LogP contribution is 2.51. The van der Waals surface area contributed by atoms with Crippen molar-refractivity contribution in [3.05, 3.63) is 48.2 Å². The number of Topliss-reactive ketones (excluding diaryl/α,β-unsaturated/α-hetero) is 2. The molecule has 3 N–H and O–H groups in total. The number of carbonyl (C=O) groups excluding carboxylic acids is 6. The van der Waals surface area contributed by atoms with E-state index in [0.717, 1.165) is 51.0 Å². The highest BCUT2D eigenvalue weighted by atomic mass is 19.3. The molecule has 0 bridgehead atoms. The average molecular weight is 862 g/mol. The van der Waals surface area contributed by atoms with Crippen LogP contribution in [-0.2, 0) is 28.7 Å². The molecular weight excluding hydrogens is 785 g/mol. The maximum atomic E-state index is 14.0. The first kappa shape index (κ1) is 54.7. The van der Waals surface area contributed by atoms with E-state index in [1.54, 1.807) is 25.9 Å². The van der Waals surface area contributed by atoms with Gasteiger partial charge in [-0.2, -0.15) is 0 Å². The van der Waals surface area contributed by atoms with Gasteiger partial charge in [0.25, 0.3) is 5.92 Å². The second kappa shape index (κ2) is 26.9. The molecule has 1 saturated heterocycles. The lowest BCUT2D eigenvalue weighted by molar-refractivity contribution is -0.137. The van der Waals surface area contributed by atoms with E-state index in [0.29, 0.717) is 37.9 Å². The van der Waals surface area contributed by atoms with Crippen molar-refractivity contribution in [3.63, 3.8) is 0 Å². The van der Waals surface area contributed by atoms with Gasteiger partial charge < -0.3 is 30.5 Å². The second-order valence-electron chi connectivity index (χ2n) is 16.9. The summed E-state index contributed by atoms with van der Waals surface area (Å²) in [5.41, 5.74) is 0.482. The smallest absolute Gasteiger partial charge is 0.408 e. The summed E-state index contributed by atoms with van der Waals surface area (Å²) in [6, 6.07) is 6.29. The minimum absolute atomic E-state index is 0.0281. The van der Waals surface area contributed by atoms with Crippen LogP contribution < -0.4 is 16.0 Å². The molecule has 3 fully saturated rings. The monoisotopic (exact) mass is 862 g/mol. The second-order valence-corrected chi connectivity index (χ2v) is 16.9. The van der Waals surface area contributed by atoms with E-state index >= 15 is 0 Å². The number of ketones is 2. The van der Waals surface area contributed by atoms with Gasteiger partial charge in [0.1, 0.15) is 17.7 Å². The molecule has 2 aliphatic carbocycles. The summed E-state index contributed by atoms with van der Waals surface area (Å²) in [6.07, 6.45) is 7.99. The molecule has 4 amide bonds. The Labute approximate surface area is 364 Å². The van der Waals surface area contributed by atoms with E-state index in [9.17, 15) is 37.5 Å². The summed E-state index contributed by atoms with van der Waals surface area (Å²) in [7, 11) is 3.35. The summed E-state index contributed by atoms with van der Waals surface area (Å²) in [4.78, 5) is 77.8. The number of nitrogens with zero attached hydrogens (tertiary/aromatic N) is 2. The van der Waals surface area contributed by atoms with Gasteiger partial charge in [-0.3, -0.25) is 24.0 Å². The molecule has 2 saturated carbocycles. The molecular formula is C47H77F2N5O7. The van der Waals surface area contributed by atoms with Crippen LogP contribution in [0.2, 0.25) is 0 Å². The van der Waals surface area contributed by atoms with E-state index in [-0.39, 0.29) is 36.5 Å². The number of halogens is 2. The number of likely N-dealkylation sites (tertiary alicyclic amines) is 1. The van der Waals surface area contributed by atoms with Crippen LogP contribution in [0.1, 0.15) is 157 Å². The standard InChI is InChI=1S/C29H45F2N3O5.C13H18N2O2.C3H8.C2H6/c1-6-14-28(4,5)39-27(38)33-24(20-11-8-7-9-12-20)26(37)34-15-10-13-23(34)18(2)32-22(25(36)19(3)35)16-21-17-29(21,30)31;1-4-11(16)14-12(13(17)15(2)3)10-8-6-5-7-9-10;1-3-2;1-2/h20-24,32H,2,6-17H2,1,3-5H3,(H,33,38);5-9,12H,4H2,1-3H3,(H,14,16);3H2,1-2H3;1-2H3. The number of likely N-dealkylation sites (N-methyl/N-ethyl adjacent to an activating group) is 1. The van der Waals surface area contributed by atoms with E-state index in [1.165, 1.54) is 11.3 Å². The van der Waals surface area contributed by atoms with Crippen LogP contribution in [0.5, 0.6) is 0 Å². The molecule has 1 aromatic carbocycles. The number of hydrogen-bond acceptors (Lipinski definition) is 8. The van der Waals surface area contributed by atoms with Gasteiger partial charge in [-0.15, -0.1) is 0 Å². The van der Waals surface area contributed by atoms with Crippen LogP contribution in [0, 0.1) is 11.8 Å². The van der Waals surface area contributed by atoms with Crippen LogP contribution in [0.4, 0.5) is 13.6 Å². The molecule has 0 aromatic heterocycles. The molecule has 0 spiro atoms. The summed E-state index contributed by atoms with van der Waals surface area (Å²) < 4.78 is 32.9. The van der Waals surface area contributed by atoms with Crippen molar-refractivity contribution >= 4 is 35.4 Å². The molecule has 0 radical (unpaired) electrons. The normalized spacial score (nSPS) is 19.3. The molecule has 12 nitrogen and oxygen atoms in total. The predicted octanol–water partition coefficient (Wildman–Crippen LogP) is 8.69.